The third-order valence-corrected chi connectivity index (χ3v) is 4.20. The summed E-state index contributed by atoms with van der Waals surface area (Å²) in [6.45, 7) is 6.08. The summed E-state index contributed by atoms with van der Waals surface area (Å²) in [5, 5.41) is 3.37. The van der Waals surface area contributed by atoms with Crippen LogP contribution in [-0.4, -0.2) is 50.2 Å². The van der Waals surface area contributed by atoms with Crippen LogP contribution >= 0.6 is 11.8 Å². The van der Waals surface area contributed by atoms with Crippen molar-refractivity contribution in [3.8, 4) is 11.5 Å². The number of ether oxygens (including phenoxy) is 2. The van der Waals surface area contributed by atoms with E-state index in [0.29, 0.717) is 6.79 Å². The lowest BCUT2D eigenvalue weighted by atomic mass is 10.3. The first-order chi connectivity index (χ1) is 8.92. The molecule has 2 aliphatic rings. The van der Waals surface area contributed by atoms with Gasteiger partial charge in [0.1, 0.15) is 0 Å². The molecule has 0 aromatic heterocycles. The highest BCUT2D eigenvalue weighted by atomic mass is 32.2. The zero-order valence-corrected chi connectivity index (χ0v) is 11.2. The Labute approximate surface area is 112 Å². The van der Waals surface area contributed by atoms with E-state index in [1.54, 1.807) is 0 Å². The smallest absolute Gasteiger partial charge is 0.231 e. The molecule has 0 radical (unpaired) electrons. The van der Waals surface area contributed by atoms with Gasteiger partial charge >= 0.3 is 0 Å². The van der Waals surface area contributed by atoms with Gasteiger partial charge in [-0.1, -0.05) is 0 Å². The summed E-state index contributed by atoms with van der Waals surface area (Å²) in [6.07, 6.45) is 0. The number of benzene rings is 1. The first-order valence-electron chi connectivity index (χ1n) is 6.37. The summed E-state index contributed by atoms with van der Waals surface area (Å²) in [7, 11) is 0. The first-order valence-corrected chi connectivity index (χ1v) is 7.36. The number of thioether (sulfide) groups is 1. The number of hydrogen-bond acceptors (Lipinski definition) is 5. The van der Waals surface area contributed by atoms with Crippen LogP contribution in [0.5, 0.6) is 11.5 Å². The molecule has 1 aromatic rings. The average Bonchev–Trinajstić information content (AvgIpc) is 2.87. The summed E-state index contributed by atoms with van der Waals surface area (Å²) in [6, 6.07) is 6.18. The van der Waals surface area contributed by atoms with Gasteiger partial charge in [0.05, 0.1) is 0 Å². The van der Waals surface area contributed by atoms with Crippen LogP contribution in [0.1, 0.15) is 0 Å². The zero-order valence-electron chi connectivity index (χ0n) is 10.4. The van der Waals surface area contributed by atoms with Gasteiger partial charge < -0.3 is 14.8 Å². The van der Waals surface area contributed by atoms with E-state index in [0.717, 1.165) is 36.9 Å². The van der Waals surface area contributed by atoms with Crippen LogP contribution in [0, 0.1) is 0 Å². The highest BCUT2D eigenvalue weighted by Gasteiger charge is 2.13. The van der Waals surface area contributed by atoms with E-state index in [-0.39, 0.29) is 0 Å². The van der Waals surface area contributed by atoms with Gasteiger partial charge in [-0.2, -0.15) is 0 Å². The summed E-state index contributed by atoms with van der Waals surface area (Å²) < 4.78 is 10.7. The number of piperazine rings is 1. The van der Waals surface area contributed by atoms with Crippen LogP contribution in [0.25, 0.3) is 0 Å². The average molecular weight is 266 g/mol. The second-order valence-electron chi connectivity index (χ2n) is 4.46. The number of fused-ring (bicyclic) bond motifs is 1. The van der Waals surface area contributed by atoms with Crippen molar-refractivity contribution in [1.29, 1.82) is 0 Å². The predicted octanol–water partition coefficient (Wildman–Crippen LogP) is 1.41. The van der Waals surface area contributed by atoms with Gasteiger partial charge in [0.25, 0.3) is 0 Å². The Kier molecular flexibility index (Phi) is 3.93. The molecule has 0 amide bonds. The predicted molar refractivity (Wildman–Crippen MR) is 72.6 cm³/mol. The molecule has 4 nitrogen and oxygen atoms in total. The van der Waals surface area contributed by atoms with Gasteiger partial charge in [-0.05, 0) is 18.2 Å². The van der Waals surface area contributed by atoms with E-state index in [9.17, 15) is 0 Å². The Morgan fingerprint density at radius 2 is 2.00 bits per heavy atom. The number of hydrogen-bond donors (Lipinski definition) is 1. The highest BCUT2D eigenvalue weighted by molar-refractivity contribution is 7.99. The summed E-state index contributed by atoms with van der Waals surface area (Å²) in [5.74, 6) is 2.86. The Morgan fingerprint density at radius 1 is 1.17 bits per heavy atom. The fourth-order valence-electron chi connectivity index (χ4n) is 2.19. The molecule has 0 bridgehead atoms. The zero-order chi connectivity index (χ0) is 12.2. The summed E-state index contributed by atoms with van der Waals surface area (Å²) in [4.78, 5) is 3.77. The van der Waals surface area contributed by atoms with E-state index in [1.165, 1.54) is 18.0 Å². The van der Waals surface area contributed by atoms with Crippen molar-refractivity contribution in [2.45, 2.75) is 4.90 Å². The fraction of sp³-hybridized carbons (Fsp3) is 0.538. The second-order valence-corrected chi connectivity index (χ2v) is 5.62. The highest BCUT2D eigenvalue weighted by Crippen LogP contribution is 2.35. The second kappa shape index (κ2) is 5.82. The van der Waals surface area contributed by atoms with Crippen LogP contribution in [0.15, 0.2) is 23.1 Å². The molecular formula is C13H18N2O2S. The molecule has 0 atom stereocenters. The van der Waals surface area contributed by atoms with E-state index >= 15 is 0 Å². The minimum Gasteiger partial charge on any atom is -0.454 e. The molecule has 1 aromatic carbocycles. The van der Waals surface area contributed by atoms with Gasteiger partial charge in [0.2, 0.25) is 6.79 Å². The van der Waals surface area contributed by atoms with Crippen molar-refractivity contribution in [1.82, 2.24) is 10.2 Å². The summed E-state index contributed by atoms with van der Waals surface area (Å²) >= 11 is 1.88. The standard InChI is InChI=1S/C13H18N2O2S/c1-2-12-13(17-10-16-12)9-11(1)18-8-7-15-5-3-14-4-6-15/h1-2,9,14H,3-8,10H2. The van der Waals surface area contributed by atoms with Crippen molar-refractivity contribution >= 4 is 11.8 Å². The largest absolute Gasteiger partial charge is 0.454 e. The van der Waals surface area contributed by atoms with E-state index in [4.69, 9.17) is 9.47 Å². The van der Waals surface area contributed by atoms with Crippen LogP contribution in [0.2, 0.25) is 0 Å². The lowest BCUT2D eigenvalue weighted by Crippen LogP contribution is -2.44. The van der Waals surface area contributed by atoms with Gasteiger partial charge in [0, 0.05) is 43.4 Å². The third kappa shape index (κ3) is 2.91. The number of nitrogens with one attached hydrogen (secondary N) is 1. The molecule has 0 aliphatic carbocycles. The maximum Gasteiger partial charge on any atom is 0.231 e. The Balaban J connectivity index is 1.48. The molecule has 0 saturated carbocycles. The van der Waals surface area contributed by atoms with Gasteiger partial charge in [-0.15, -0.1) is 11.8 Å². The molecule has 1 fully saturated rings. The topological polar surface area (TPSA) is 33.7 Å². The van der Waals surface area contributed by atoms with E-state index in [1.807, 2.05) is 17.8 Å². The van der Waals surface area contributed by atoms with Gasteiger partial charge in [-0.25, -0.2) is 0 Å². The minimum absolute atomic E-state index is 0.351. The van der Waals surface area contributed by atoms with Gasteiger partial charge in [0.15, 0.2) is 11.5 Å². The molecule has 0 unspecified atom stereocenters. The molecule has 0 spiro atoms. The van der Waals surface area contributed by atoms with Crippen LogP contribution in [-0.2, 0) is 0 Å². The lowest BCUT2D eigenvalue weighted by molar-refractivity contribution is 0.174. The van der Waals surface area contributed by atoms with Crippen molar-refractivity contribution in [3.05, 3.63) is 18.2 Å². The Bertz CT molecular complexity index is 408. The molecule has 2 aliphatic heterocycles. The molecule has 2 heterocycles. The number of rotatable bonds is 4. The van der Waals surface area contributed by atoms with E-state index < -0.39 is 0 Å². The monoisotopic (exact) mass is 266 g/mol. The number of nitrogens with zero attached hydrogens (tertiary/aromatic N) is 1. The minimum atomic E-state index is 0.351. The molecule has 1 saturated heterocycles. The quantitative estimate of drug-likeness (QED) is 0.834. The molecule has 18 heavy (non-hydrogen) atoms. The maximum atomic E-state index is 5.38. The summed E-state index contributed by atoms with van der Waals surface area (Å²) in [5.41, 5.74) is 0. The van der Waals surface area contributed by atoms with Crippen LogP contribution in [0.4, 0.5) is 0 Å². The van der Waals surface area contributed by atoms with Crippen molar-refractivity contribution < 1.29 is 9.47 Å². The van der Waals surface area contributed by atoms with Gasteiger partial charge in [-0.3, -0.25) is 4.90 Å². The normalized spacial score (nSPS) is 19.1. The molecule has 5 heteroatoms. The third-order valence-electron chi connectivity index (χ3n) is 3.23. The first kappa shape index (κ1) is 12.1. The van der Waals surface area contributed by atoms with Crippen LogP contribution < -0.4 is 14.8 Å². The maximum absolute atomic E-state index is 5.38. The lowest BCUT2D eigenvalue weighted by Gasteiger charge is -2.26. The van der Waals surface area contributed by atoms with E-state index in [2.05, 4.69) is 22.3 Å². The fourth-order valence-corrected chi connectivity index (χ4v) is 3.13. The molecule has 98 valence electrons. The van der Waals surface area contributed by atoms with Crippen molar-refractivity contribution in [3.63, 3.8) is 0 Å². The van der Waals surface area contributed by atoms with Crippen molar-refractivity contribution in [2.24, 2.45) is 0 Å². The van der Waals surface area contributed by atoms with Crippen molar-refractivity contribution in [2.75, 3.05) is 45.3 Å². The SMILES string of the molecule is c1cc2c(cc1SCCN1CCNCC1)OCO2. The molecular weight excluding hydrogens is 248 g/mol. The molecule has 1 N–H and O–H groups in total. The Hall–Kier alpha value is -0.910. The van der Waals surface area contributed by atoms with Crippen LogP contribution in [0.3, 0.4) is 0 Å². The Morgan fingerprint density at radius 3 is 2.89 bits per heavy atom. The molecule has 3 rings (SSSR count).